The van der Waals surface area contributed by atoms with Gasteiger partial charge in [0.25, 0.3) is 5.91 Å². The maximum Gasteiger partial charge on any atom is 0.304 e. The molecule has 23 heavy (non-hydrogen) atoms. The summed E-state index contributed by atoms with van der Waals surface area (Å²) in [5, 5.41) is 11.9. The first-order valence-corrected chi connectivity index (χ1v) is 8.06. The lowest BCUT2D eigenvalue weighted by atomic mass is 9.98. The van der Waals surface area contributed by atoms with Crippen molar-refractivity contribution in [3.8, 4) is 0 Å². The Morgan fingerprint density at radius 1 is 1.30 bits per heavy atom. The number of aromatic nitrogens is 2. The number of hydrogen-bond donors (Lipinski definition) is 2. The van der Waals surface area contributed by atoms with Gasteiger partial charge in [-0.15, -0.1) is 0 Å². The van der Waals surface area contributed by atoms with Crippen LogP contribution in [0.5, 0.6) is 0 Å². The van der Waals surface area contributed by atoms with Crippen LogP contribution in [0.2, 0.25) is 0 Å². The fourth-order valence-corrected chi connectivity index (χ4v) is 3.26. The Balaban J connectivity index is 1.61. The van der Waals surface area contributed by atoms with E-state index in [1.165, 1.54) is 19.0 Å². The molecule has 1 aromatic rings. The molecular weight excluding hydrogens is 296 g/mol. The Hall–Kier alpha value is -2.02. The van der Waals surface area contributed by atoms with E-state index in [1.807, 2.05) is 6.92 Å². The molecule has 0 bridgehead atoms. The van der Waals surface area contributed by atoms with Crippen molar-refractivity contribution in [1.82, 2.24) is 20.2 Å². The van der Waals surface area contributed by atoms with Gasteiger partial charge in [0, 0.05) is 31.9 Å². The largest absolute Gasteiger partial charge is 0.481 e. The minimum Gasteiger partial charge on any atom is -0.481 e. The van der Waals surface area contributed by atoms with Gasteiger partial charge in [0.05, 0.1) is 18.3 Å². The zero-order chi connectivity index (χ0) is 16.4. The molecule has 2 heterocycles. The van der Waals surface area contributed by atoms with Crippen LogP contribution in [0.4, 0.5) is 0 Å². The van der Waals surface area contributed by atoms with Crippen LogP contribution in [0.3, 0.4) is 0 Å². The average molecular weight is 318 g/mol. The second kappa shape index (κ2) is 6.62. The van der Waals surface area contributed by atoms with Crippen molar-refractivity contribution in [2.45, 2.75) is 32.2 Å². The lowest BCUT2D eigenvalue weighted by Gasteiger charge is -2.19. The van der Waals surface area contributed by atoms with Crippen molar-refractivity contribution in [2.75, 3.05) is 19.6 Å². The quantitative estimate of drug-likeness (QED) is 0.801. The van der Waals surface area contributed by atoms with Gasteiger partial charge in [-0.05, 0) is 31.6 Å². The highest BCUT2D eigenvalue weighted by Crippen LogP contribution is 2.41. The highest BCUT2D eigenvalue weighted by atomic mass is 16.4. The molecule has 2 atom stereocenters. The van der Waals surface area contributed by atoms with Crippen molar-refractivity contribution in [1.29, 1.82) is 0 Å². The number of rotatable bonds is 6. The third kappa shape index (κ3) is 4.04. The van der Waals surface area contributed by atoms with E-state index in [-0.39, 0.29) is 18.4 Å². The summed E-state index contributed by atoms with van der Waals surface area (Å²) >= 11 is 0. The number of nitrogens with zero attached hydrogens (tertiary/aromatic N) is 3. The Kier molecular flexibility index (Phi) is 4.56. The van der Waals surface area contributed by atoms with E-state index in [4.69, 9.17) is 5.11 Å². The number of carboxylic acid groups (broad SMARTS) is 1. The molecule has 1 saturated carbocycles. The molecule has 1 amide bonds. The van der Waals surface area contributed by atoms with Crippen molar-refractivity contribution in [3.63, 3.8) is 0 Å². The minimum absolute atomic E-state index is 0.0619. The third-order valence-electron chi connectivity index (χ3n) is 4.64. The first-order valence-electron chi connectivity index (χ1n) is 8.06. The highest BCUT2D eigenvalue weighted by Gasteiger charge is 2.43. The van der Waals surface area contributed by atoms with Gasteiger partial charge in [-0.25, -0.2) is 4.98 Å². The van der Waals surface area contributed by atoms with E-state index >= 15 is 0 Å². The highest BCUT2D eigenvalue weighted by molar-refractivity contribution is 5.92. The number of hydrogen-bond acceptors (Lipinski definition) is 5. The molecule has 2 fully saturated rings. The van der Waals surface area contributed by atoms with Gasteiger partial charge in [0.15, 0.2) is 0 Å². The molecule has 124 valence electrons. The van der Waals surface area contributed by atoms with Crippen molar-refractivity contribution in [2.24, 2.45) is 11.8 Å². The number of carbonyl (C=O) groups is 2. The number of carbonyl (C=O) groups excluding carboxylic acids is 1. The Labute approximate surface area is 135 Å². The van der Waals surface area contributed by atoms with E-state index in [1.54, 1.807) is 6.20 Å². The van der Waals surface area contributed by atoms with Gasteiger partial charge in [0.1, 0.15) is 5.69 Å². The fourth-order valence-electron chi connectivity index (χ4n) is 3.26. The van der Waals surface area contributed by atoms with Crippen LogP contribution in [-0.2, 0) is 4.79 Å². The van der Waals surface area contributed by atoms with E-state index in [9.17, 15) is 9.59 Å². The number of aliphatic carboxylic acids is 1. The summed E-state index contributed by atoms with van der Waals surface area (Å²) in [6, 6.07) is 0.0619. The predicted octanol–water partition coefficient (Wildman–Crippen LogP) is 0.700. The summed E-state index contributed by atoms with van der Waals surface area (Å²) in [6.07, 6.45) is 5.62. The molecule has 3 rings (SSSR count). The molecular formula is C16H22N4O3. The predicted molar refractivity (Wildman–Crippen MR) is 82.9 cm³/mol. The lowest BCUT2D eigenvalue weighted by Crippen LogP contribution is -2.41. The van der Waals surface area contributed by atoms with Crippen molar-refractivity contribution >= 4 is 11.9 Å². The van der Waals surface area contributed by atoms with Gasteiger partial charge in [-0.3, -0.25) is 14.6 Å². The molecule has 0 aromatic carbocycles. The van der Waals surface area contributed by atoms with Crippen LogP contribution in [-0.4, -0.2) is 57.5 Å². The number of likely N-dealkylation sites (tertiary alicyclic amines) is 1. The van der Waals surface area contributed by atoms with Crippen LogP contribution in [0.25, 0.3) is 0 Å². The minimum atomic E-state index is -0.782. The zero-order valence-electron chi connectivity index (χ0n) is 13.2. The van der Waals surface area contributed by atoms with E-state index in [0.717, 1.165) is 12.2 Å². The monoisotopic (exact) mass is 318 g/mol. The maximum absolute atomic E-state index is 12.3. The van der Waals surface area contributed by atoms with Crippen LogP contribution >= 0.6 is 0 Å². The molecule has 1 aromatic heterocycles. The van der Waals surface area contributed by atoms with E-state index in [2.05, 4.69) is 20.2 Å². The summed E-state index contributed by atoms with van der Waals surface area (Å²) in [7, 11) is 0. The van der Waals surface area contributed by atoms with Crippen molar-refractivity contribution < 1.29 is 14.7 Å². The third-order valence-corrected chi connectivity index (χ3v) is 4.64. The number of nitrogens with one attached hydrogen (secondary N) is 1. The lowest BCUT2D eigenvalue weighted by molar-refractivity contribution is -0.137. The number of aryl methyl sites for hydroxylation is 1. The van der Waals surface area contributed by atoms with Gasteiger partial charge >= 0.3 is 5.97 Å². The second-order valence-electron chi connectivity index (χ2n) is 6.53. The SMILES string of the molecule is Cc1cnc(C(=O)NC2CN(CCC(=O)O)CC2C2CC2)cn1. The average Bonchev–Trinajstić information content (AvgIpc) is 3.28. The fraction of sp³-hybridized carbons (Fsp3) is 0.625. The standard InChI is InChI=1S/C16H22N4O3/c1-10-6-18-13(7-17-10)16(23)19-14-9-20(5-4-15(21)22)8-12(14)11-2-3-11/h6-7,11-12,14H,2-5,8-9H2,1H3,(H,19,23)(H,21,22). The molecule has 0 spiro atoms. The van der Waals surface area contributed by atoms with E-state index in [0.29, 0.717) is 30.6 Å². The summed E-state index contributed by atoms with van der Waals surface area (Å²) < 4.78 is 0. The van der Waals surface area contributed by atoms with Gasteiger partial charge in [-0.2, -0.15) is 0 Å². The molecule has 1 aliphatic heterocycles. The molecule has 2 unspecified atom stereocenters. The van der Waals surface area contributed by atoms with Crippen LogP contribution in [0.15, 0.2) is 12.4 Å². The van der Waals surface area contributed by atoms with Crippen LogP contribution in [0, 0.1) is 18.8 Å². The molecule has 1 aliphatic carbocycles. The molecule has 1 saturated heterocycles. The number of amides is 1. The Morgan fingerprint density at radius 2 is 2.09 bits per heavy atom. The van der Waals surface area contributed by atoms with Crippen LogP contribution < -0.4 is 5.32 Å². The van der Waals surface area contributed by atoms with Gasteiger partial charge in [-0.1, -0.05) is 0 Å². The first-order chi connectivity index (χ1) is 11.0. The second-order valence-corrected chi connectivity index (χ2v) is 6.53. The first kappa shape index (κ1) is 15.9. The topological polar surface area (TPSA) is 95.4 Å². The normalized spacial score (nSPS) is 24.6. The Morgan fingerprint density at radius 3 is 2.70 bits per heavy atom. The van der Waals surface area contributed by atoms with Gasteiger partial charge in [0.2, 0.25) is 0 Å². The molecule has 0 radical (unpaired) electrons. The summed E-state index contributed by atoms with van der Waals surface area (Å²) in [5.41, 5.74) is 1.10. The van der Waals surface area contributed by atoms with Crippen molar-refractivity contribution in [3.05, 3.63) is 23.8 Å². The zero-order valence-corrected chi connectivity index (χ0v) is 13.2. The maximum atomic E-state index is 12.3. The molecule has 7 nitrogen and oxygen atoms in total. The molecule has 7 heteroatoms. The summed E-state index contributed by atoms with van der Waals surface area (Å²) in [4.78, 5) is 33.5. The molecule has 2 N–H and O–H groups in total. The Bertz CT molecular complexity index is 585. The summed E-state index contributed by atoms with van der Waals surface area (Å²) in [6.45, 7) is 3.94. The number of carboxylic acids is 1. The van der Waals surface area contributed by atoms with Gasteiger partial charge < -0.3 is 15.3 Å². The smallest absolute Gasteiger partial charge is 0.304 e. The molecule has 2 aliphatic rings. The van der Waals surface area contributed by atoms with E-state index < -0.39 is 5.97 Å². The van der Waals surface area contributed by atoms with Crippen LogP contribution in [0.1, 0.15) is 35.4 Å². The summed E-state index contributed by atoms with van der Waals surface area (Å²) in [5.74, 6) is 0.0778.